The number of rotatable bonds is 5. The Hall–Kier alpha value is -2.40. The van der Waals surface area contributed by atoms with Crippen LogP contribution in [0.5, 0.6) is 0 Å². The first kappa shape index (κ1) is 15.0. The van der Waals surface area contributed by atoms with Crippen LogP contribution in [0.4, 0.5) is 17.1 Å². The minimum atomic E-state index is -0.356. The summed E-state index contributed by atoms with van der Waals surface area (Å²) in [5, 5.41) is 23.2. The fraction of sp³-hybridized carbons (Fsp3) is 0.250. The summed E-state index contributed by atoms with van der Waals surface area (Å²) < 4.78 is 0. The lowest BCUT2D eigenvalue weighted by Crippen LogP contribution is -2.01. The van der Waals surface area contributed by atoms with E-state index in [9.17, 15) is 10.1 Å². The van der Waals surface area contributed by atoms with Gasteiger partial charge in [-0.25, -0.2) is 0 Å². The molecule has 0 aliphatic carbocycles. The highest BCUT2D eigenvalue weighted by Gasteiger charge is 2.18. The van der Waals surface area contributed by atoms with Crippen LogP contribution in [0.1, 0.15) is 16.7 Å². The minimum absolute atomic E-state index is 0.106. The number of anilines is 2. The maximum Gasteiger partial charge on any atom is 0.295 e. The van der Waals surface area contributed by atoms with Gasteiger partial charge in [0.1, 0.15) is 5.69 Å². The number of aliphatic hydroxyl groups is 1. The lowest BCUT2D eigenvalue weighted by Gasteiger charge is -2.11. The summed E-state index contributed by atoms with van der Waals surface area (Å²) in [4.78, 5) is 10.9. The molecule has 0 fully saturated rings. The van der Waals surface area contributed by atoms with Crippen LogP contribution in [0, 0.1) is 24.0 Å². The first-order chi connectivity index (χ1) is 10.0. The van der Waals surface area contributed by atoms with Crippen molar-refractivity contribution in [1.29, 1.82) is 0 Å². The number of nitro benzene ring substituents is 1. The highest BCUT2D eigenvalue weighted by molar-refractivity contribution is 5.72. The van der Waals surface area contributed by atoms with Crippen LogP contribution < -0.4 is 5.32 Å². The fourth-order valence-corrected chi connectivity index (χ4v) is 2.18. The molecule has 0 bridgehead atoms. The van der Waals surface area contributed by atoms with Crippen molar-refractivity contribution in [3.05, 3.63) is 63.2 Å². The van der Waals surface area contributed by atoms with E-state index < -0.39 is 0 Å². The van der Waals surface area contributed by atoms with Gasteiger partial charge in [-0.05, 0) is 49.6 Å². The van der Waals surface area contributed by atoms with Crippen LogP contribution in [0.25, 0.3) is 0 Å². The summed E-state index contributed by atoms with van der Waals surface area (Å²) in [7, 11) is 0. The monoisotopic (exact) mass is 286 g/mol. The van der Waals surface area contributed by atoms with Gasteiger partial charge < -0.3 is 10.4 Å². The summed E-state index contributed by atoms with van der Waals surface area (Å²) in [6.07, 6.45) is 0.601. The smallest absolute Gasteiger partial charge is 0.295 e. The zero-order chi connectivity index (χ0) is 15.4. The minimum Gasteiger partial charge on any atom is -0.396 e. The molecule has 0 aromatic heterocycles. The molecule has 0 saturated heterocycles. The Kier molecular flexibility index (Phi) is 4.55. The SMILES string of the molecule is Cc1ccc(Nc2ccc(CCO)cc2)c([N+](=O)[O-])c1C. The molecule has 0 heterocycles. The Bertz CT molecular complexity index is 651. The largest absolute Gasteiger partial charge is 0.396 e. The number of hydrogen-bond donors (Lipinski definition) is 2. The highest BCUT2D eigenvalue weighted by Crippen LogP contribution is 2.32. The number of nitrogens with zero attached hydrogens (tertiary/aromatic N) is 1. The average Bonchev–Trinajstić information content (AvgIpc) is 2.45. The van der Waals surface area contributed by atoms with Crippen LogP contribution in [0.3, 0.4) is 0 Å². The van der Waals surface area contributed by atoms with Gasteiger partial charge in [-0.15, -0.1) is 0 Å². The van der Waals surface area contributed by atoms with Crippen molar-refractivity contribution >= 4 is 17.1 Å². The van der Waals surface area contributed by atoms with Crippen LogP contribution in [0.15, 0.2) is 36.4 Å². The fourth-order valence-electron chi connectivity index (χ4n) is 2.18. The van der Waals surface area contributed by atoms with Gasteiger partial charge in [0.05, 0.1) is 4.92 Å². The van der Waals surface area contributed by atoms with Crippen molar-refractivity contribution in [3.63, 3.8) is 0 Å². The Morgan fingerprint density at radius 1 is 1.14 bits per heavy atom. The van der Waals surface area contributed by atoms with Crippen molar-refractivity contribution in [3.8, 4) is 0 Å². The molecule has 0 atom stereocenters. The van der Waals surface area contributed by atoms with E-state index in [0.717, 1.165) is 16.8 Å². The Balaban J connectivity index is 2.31. The first-order valence-corrected chi connectivity index (χ1v) is 6.74. The first-order valence-electron chi connectivity index (χ1n) is 6.74. The molecule has 0 amide bonds. The second-order valence-corrected chi connectivity index (χ2v) is 4.96. The van der Waals surface area contributed by atoms with Gasteiger partial charge in [-0.1, -0.05) is 18.2 Å². The number of hydrogen-bond acceptors (Lipinski definition) is 4. The van der Waals surface area contributed by atoms with Crippen molar-refractivity contribution in [2.45, 2.75) is 20.3 Å². The maximum absolute atomic E-state index is 11.3. The summed E-state index contributed by atoms with van der Waals surface area (Å²) in [5.74, 6) is 0. The molecule has 2 rings (SSSR count). The van der Waals surface area contributed by atoms with Crippen molar-refractivity contribution in [2.75, 3.05) is 11.9 Å². The van der Waals surface area contributed by atoms with Gasteiger partial charge in [-0.2, -0.15) is 0 Å². The molecule has 2 aromatic carbocycles. The van der Waals surface area contributed by atoms with E-state index in [4.69, 9.17) is 5.11 Å². The summed E-state index contributed by atoms with van der Waals surface area (Å²) in [5.41, 5.74) is 3.96. The van der Waals surface area contributed by atoms with Gasteiger partial charge in [0.25, 0.3) is 5.69 Å². The van der Waals surface area contributed by atoms with Crippen LogP contribution in [-0.2, 0) is 6.42 Å². The number of benzene rings is 2. The van der Waals surface area contributed by atoms with E-state index >= 15 is 0 Å². The maximum atomic E-state index is 11.3. The third kappa shape index (κ3) is 3.38. The summed E-state index contributed by atoms with van der Waals surface area (Å²) in [6.45, 7) is 3.72. The highest BCUT2D eigenvalue weighted by atomic mass is 16.6. The van der Waals surface area contributed by atoms with E-state index in [1.165, 1.54) is 0 Å². The lowest BCUT2D eigenvalue weighted by atomic mass is 10.1. The Morgan fingerprint density at radius 2 is 1.81 bits per heavy atom. The molecule has 0 aliphatic rings. The Morgan fingerprint density at radius 3 is 2.38 bits per heavy atom. The van der Waals surface area contributed by atoms with Crippen molar-refractivity contribution in [1.82, 2.24) is 0 Å². The quantitative estimate of drug-likeness (QED) is 0.651. The summed E-state index contributed by atoms with van der Waals surface area (Å²) in [6, 6.07) is 11.1. The molecule has 2 N–H and O–H groups in total. The second kappa shape index (κ2) is 6.37. The van der Waals surface area contributed by atoms with Gasteiger partial charge in [-0.3, -0.25) is 10.1 Å². The zero-order valence-corrected chi connectivity index (χ0v) is 12.1. The molecule has 21 heavy (non-hydrogen) atoms. The van der Waals surface area contributed by atoms with Gasteiger partial charge >= 0.3 is 0 Å². The van der Waals surface area contributed by atoms with Crippen LogP contribution in [0.2, 0.25) is 0 Å². The van der Waals surface area contributed by atoms with Crippen molar-refractivity contribution in [2.24, 2.45) is 0 Å². The molecule has 2 aromatic rings. The molecule has 0 spiro atoms. The van der Waals surface area contributed by atoms with Crippen LogP contribution in [-0.4, -0.2) is 16.6 Å². The molecular weight excluding hydrogens is 268 g/mol. The van der Waals surface area contributed by atoms with Crippen LogP contribution >= 0.6 is 0 Å². The molecule has 0 radical (unpaired) electrons. The van der Waals surface area contributed by atoms with E-state index in [2.05, 4.69) is 5.32 Å². The Labute approximate surface area is 123 Å². The third-order valence-electron chi connectivity index (χ3n) is 3.52. The summed E-state index contributed by atoms with van der Waals surface area (Å²) >= 11 is 0. The van der Waals surface area contributed by atoms with Gasteiger partial charge in [0.15, 0.2) is 0 Å². The number of nitro groups is 1. The zero-order valence-electron chi connectivity index (χ0n) is 12.1. The predicted octanol–water partition coefficient (Wildman–Crippen LogP) is 3.49. The number of nitrogens with one attached hydrogen (secondary N) is 1. The number of aryl methyl sites for hydroxylation is 1. The third-order valence-corrected chi connectivity index (χ3v) is 3.52. The van der Waals surface area contributed by atoms with Gasteiger partial charge in [0.2, 0.25) is 0 Å². The molecule has 0 unspecified atom stereocenters. The molecular formula is C16H18N2O3. The molecule has 0 aliphatic heterocycles. The normalized spacial score (nSPS) is 10.4. The second-order valence-electron chi connectivity index (χ2n) is 4.96. The topological polar surface area (TPSA) is 75.4 Å². The standard InChI is InChI=1S/C16H18N2O3/c1-11-3-8-15(16(12(11)2)18(20)21)17-14-6-4-13(5-7-14)9-10-19/h3-8,17,19H,9-10H2,1-2H3. The molecule has 5 nitrogen and oxygen atoms in total. The van der Waals surface area contributed by atoms with E-state index in [1.807, 2.05) is 37.3 Å². The average molecular weight is 286 g/mol. The lowest BCUT2D eigenvalue weighted by molar-refractivity contribution is -0.384. The molecule has 110 valence electrons. The predicted molar refractivity (Wildman–Crippen MR) is 83.1 cm³/mol. The van der Waals surface area contributed by atoms with Gasteiger partial charge in [0, 0.05) is 17.9 Å². The number of aliphatic hydroxyl groups excluding tert-OH is 1. The van der Waals surface area contributed by atoms with Crippen molar-refractivity contribution < 1.29 is 10.0 Å². The van der Waals surface area contributed by atoms with E-state index in [1.54, 1.807) is 13.0 Å². The molecule has 0 saturated carbocycles. The van der Waals surface area contributed by atoms with E-state index in [0.29, 0.717) is 17.7 Å². The molecule has 5 heteroatoms. The van der Waals surface area contributed by atoms with E-state index in [-0.39, 0.29) is 17.2 Å².